The second-order valence-electron chi connectivity index (χ2n) is 6.91. The summed E-state index contributed by atoms with van der Waals surface area (Å²) in [5.41, 5.74) is -0.363. The van der Waals surface area contributed by atoms with E-state index >= 15 is 0 Å². The van der Waals surface area contributed by atoms with E-state index in [0.717, 1.165) is 45.3 Å². The third kappa shape index (κ3) is 3.01. The summed E-state index contributed by atoms with van der Waals surface area (Å²) in [5, 5.41) is 0. The molecule has 0 radical (unpaired) electrons. The maximum Gasteiger partial charge on any atom is 0.231 e. The number of carbonyl (C=O) groups is 1. The number of ether oxygens (including phenoxy) is 2. The Morgan fingerprint density at radius 2 is 2.10 bits per heavy atom. The lowest BCUT2D eigenvalue weighted by molar-refractivity contribution is -0.160. The van der Waals surface area contributed by atoms with Gasteiger partial charge in [0.15, 0.2) is 0 Å². The molecule has 1 atom stereocenters. The maximum absolute atomic E-state index is 13.0. The van der Waals surface area contributed by atoms with Crippen molar-refractivity contribution in [3.63, 3.8) is 0 Å². The van der Waals surface area contributed by atoms with Gasteiger partial charge in [-0.2, -0.15) is 0 Å². The van der Waals surface area contributed by atoms with Crippen LogP contribution >= 0.6 is 0 Å². The van der Waals surface area contributed by atoms with Crippen LogP contribution in [-0.4, -0.2) is 49.3 Å². The predicted octanol–water partition coefficient (Wildman–Crippen LogP) is 2.61. The van der Waals surface area contributed by atoms with Crippen molar-refractivity contribution >= 4 is 5.91 Å². The minimum Gasteiger partial charge on any atom is -0.384 e. The molecule has 2 aliphatic rings. The quantitative estimate of drug-likeness (QED) is 0.778. The summed E-state index contributed by atoms with van der Waals surface area (Å²) < 4.78 is 11.1. The van der Waals surface area contributed by atoms with E-state index in [1.165, 1.54) is 0 Å². The lowest BCUT2D eigenvalue weighted by Crippen LogP contribution is -2.56. The van der Waals surface area contributed by atoms with Crippen LogP contribution in [0.3, 0.4) is 0 Å². The van der Waals surface area contributed by atoms with Gasteiger partial charge in [0, 0.05) is 26.3 Å². The summed E-state index contributed by atoms with van der Waals surface area (Å²) in [6.07, 6.45) is 4.97. The summed E-state index contributed by atoms with van der Waals surface area (Å²) >= 11 is 0. The molecule has 0 aromatic carbocycles. The van der Waals surface area contributed by atoms with Crippen LogP contribution in [0.2, 0.25) is 0 Å². The van der Waals surface area contributed by atoms with Crippen molar-refractivity contribution in [1.29, 1.82) is 0 Å². The van der Waals surface area contributed by atoms with E-state index in [2.05, 4.69) is 25.7 Å². The number of hydrogen-bond donors (Lipinski definition) is 0. The SMILES string of the molecule is CCN(C(=O)C1(COC)CCC1)C1CCOC(C)(C)C1. The lowest BCUT2D eigenvalue weighted by Gasteiger charge is -2.47. The Kier molecular flexibility index (Phi) is 4.75. The Morgan fingerprint density at radius 1 is 1.40 bits per heavy atom. The maximum atomic E-state index is 13.0. The minimum atomic E-state index is -0.243. The molecule has 4 heteroatoms. The molecule has 1 aliphatic carbocycles. The summed E-state index contributed by atoms with van der Waals surface area (Å²) in [6.45, 7) is 8.41. The molecule has 116 valence electrons. The van der Waals surface area contributed by atoms with Crippen LogP contribution in [0.25, 0.3) is 0 Å². The van der Waals surface area contributed by atoms with Gasteiger partial charge in [-0.15, -0.1) is 0 Å². The first-order valence-electron chi connectivity index (χ1n) is 7.88. The molecule has 0 spiro atoms. The normalized spacial score (nSPS) is 27.7. The molecule has 2 fully saturated rings. The highest BCUT2D eigenvalue weighted by atomic mass is 16.5. The first kappa shape index (κ1) is 15.8. The van der Waals surface area contributed by atoms with Crippen molar-refractivity contribution in [2.24, 2.45) is 5.41 Å². The van der Waals surface area contributed by atoms with Gasteiger partial charge in [-0.3, -0.25) is 4.79 Å². The molecule has 0 aromatic heterocycles. The van der Waals surface area contributed by atoms with Crippen LogP contribution < -0.4 is 0 Å². The van der Waals surface area contributed by atoms with Gasteiger partial charge in [-0.25, -0.2) is 0 Å². The summed E-state index contributed by atoms with van der Waals surface area (Å²) in [6, 6.07) is 0.311. The number of hydrogen-bond acceptors (Lipinski definition) is 3. The molecule has 4 nitrogen and oxygen atoms in total. The zero-order chi connectivity index (χ0) is 14.8. The molecule has 1 unspecified atom stereocenters. The van der Waals surface area contributed by atoms with Gasteiger partial charge in [0.05, 0.1) is 17.6 Å². The standard InChI is InChI=1S/C16H29NO3/c1-5-17(13-7-10-20-15(2,3)11-13)14(18)16(12-19-4)8-6-9-16/h13H,5-12H2,1-4H3. The number of rotatable bonds is 5. The number of carbonyl (C=O) groups excluding carboxylic acids is 1. The number of nitrogens with zero attached hydrogens (tertiary/aromatic N) is 1. The first-order chi connectivity index (χ1) is 9.44. The fraction of sp³-hybridized carbons (Fsp3) is 0.938. The Hall–Kier alpha value is -0.610. The molecule has 20 heavy (non-hydrogen) atoms. The third-order valence-electron chi connectivity index (χ3n) is 4.90. The van der Waals surface area contributed by atoms with Crippen LogP contribution in [0.5, 0.6) is 0 Å². The fourth-order valence-electron chi connectivity index (χ4n) is 3.64. The molecule has 2 rings (SSSR count). The van der Waals surface area contributed by atoms with E-state index in [4.69, 9.17) is 9.47 Å². The van der Waals surface area contributed by atoms with Crippen LogP contribution in [0.1, 0.15) is 52.9 Å². The van der Waals surface area contributed by atoms with Gasteiger partial charge in [-0.1, -0.05) is 6.42 Å². The zero-order valence-corrected chi connectivity index (χ0v) is 13.4. The van der Waals surface area contributed by atoms with E-state index in [1.54, 1.807) is 7.11 Å². The Bertz CT molecular complexity index is 350. The van der Waals surface area contributed by atoms with Gasteiger partial charge in [0.25, 0.3) is 0 Å². The summed E-state index contributed by atoms with van der Waals surface area (Å²) in [5.74, 6) is 0.302. The molecule has 1 aliphatic heterocycles. The second kappa shape index (κ2) is 6.02. The minimum absolute atomic E-state index is 0.120. The summed E-state index contributed by atoms with van der Waals surface area (Å²) in [4.78, 5) is 15.1. The molecular weight excluding hydrogens is 254 g/mol. The highest BCUT2D eigenvalue weighted by molar-refractivity contribution is 5.84. The van der Waals surface area contributed by atoms with Crippen LogP contribution in [0, 0.1) is 5.41 Å². The highest BCUT2D eigenvalue weighted by Crippen LogP contribution is 2.43. The third-order valence-corrected chi connectivity index (χ3v) is 4.90. The van der Waals surface area contributed by atoms with Crippen LogP contribution in [0.4, 0.5) is 0 Å². The van der Waals surface area contributed by atoms with Crippen LogP contribution in [-0.2, 0) is 14.3 Å². The largest absolute Gasteiger partial charge is 0.384 e. The van der Waals surface area contributed by atoms with Crippen molar-refractivity contribution in [2.45, 2.75) is 64.5 Å². The molecular formula is C16H29NO3. The van der Waals surface area contributed by atoms with Crippen molar-refractivity contribution in [2.75, 3.05) is 26.9 Å². The Morgan fingerprint density at radius 3 is 2.55 bits per heavy atom. The molecule has 0 N–H and O–H groups in total. The average molecular weight is 283 g/mol. The van der Waals surface area contributed by atoms with E-state index in [9.17, 15) is 4.79 Å². The Balaban J connectivity index is 2.09. The van der Waals surface area contributed by atoms with Crippen molar-refractivity contribution in [3.05, 3.63) is 0 Å². The topological polar surface area (TPSA) is 38.8 Å². The zero-order valence-electron chi connectivity index (χ0n) is 13.4. The number of methoxy groups -OCH3 is 1. The monoisotopic (exact) mass is 283 g/mol. The van der Waals surface area contributed by atoms with E-state index in [-0.39, 0.29) is 11.0 Å². The first-order valence-corrected chi connectivity index (χ1v) is 7.88. The molecule has 0 aromatic rings. The van der Waals surface area contributed by atoms with E-state index < -0.39 is 0 Å². The van der Waals surface area contributed by atoms with Crippen molar-refractivity contribution in [1.82, 2.24) is 4.90 Å². The molecule has 1 saturated heterocycles. The van der Waals surface area contributed by atoms with Crippen LogP contribution in [0.15, 0.2) is 0 Å². The lowest BCUT2D eigenvalue weighted by atomic mass is 9.68. The predicted molar refractivity (Wildman–Crippen MR) is 78.6 cm³/mol. The average Bonchev–Trinajstić information content (AvgIpc) is 2.33. The van der Waals surface area contributed by atoms with Gasteiger partial charge >= 0.3 is 0 Å². The molecule has 0 bridgehead atoms. The fourth-order valence-corrected chi connectivity index (χ4v) is 3.64. The van der Waals surface area contributed by atoms with Gasteiger partial charge in [-0.05, 0) is 46.5 Å². The molecule has 1 heterocycles. The smallest absolute Gasteiger partial charge is 0.231 e. The highest BCUT2D eigenvalue weighted by Gasteiger charge is 2.48. The van der Waals surface area contributed by atoms with Crippen molar-refractivity contribution in [3.8, 4) is 0 Å². The summed E-state index contributed by atoms with van der Waals surface area (Å²) in [7, 11) is 1.70. The van der Waals surface area contributed by atoms with Gasteiger partial charge in [0.2, 0.25) is 5.91 Å². The van der Waals surface area contributed by atoms with Gasteiger partial charge in [0.1, 0.15) is 0 Å². The second-order valence-corrected chi connectivity index (χ2v) is 6.91. The van der Waals surface area contributed by atoms with E-state index in [0.29, 0.717) is 18.6 Å². The van der Waals surface area contributed by atoms with Crippen molar-refractivity contribution < 1.29 is 14.3 Å². The van der Waals surface area contributed by atoms with Gasteiger partial charge < -0.3 is 14.4 Å². The molecule has 1 amide bonds. The van der Waals surface area contributed by atoms with E-state index in [1.807, 2.05) is 0 Å². The molecule has 1 saturated carbocycles. The Labute approximate surface area is 122 Å². The number of amides is 1.